The van der Waals surface area contributed by atoms with E-state index in [1.54, 1.807) is 0 Å². The molecule has 11 nitrogen and oxygen atoms in total. The molecule has 0 saturated carbocycles. The first-order valence-corrected chi connectivity index (χ1v) is 9.14. The van der Waals surface area contributed by atoms with Gasteiger partial charge in [-0.1, -0.05) is 0 Å². The normalized spacial score (nSPS) is 13.6. The van der Waals surface area contributed by atoms with Gasteiger partial charge in [0.05, 0.1) is 6.61 Å². The van der Waals surface area contributed by atoms with Gasteiger partial charge in [-0.15, -0.1) is 0 Å². The number of amides is 3. The van der Waals surface area contributed by atoms with Gasteiger partial charge in [-0.2, -0.15) is 24.9 Å². The molecule has 0 saturated heterocycles. The van der Waals surface area contributed by atoms with Crippen LogP contribution in [0.15, 0.2) is 0 Å². The van der Waals surface area contributed by atoms with Crippen LogP contribution in [0.3, 0.4) is 0 Å². The zero-order valence-electron chi connectivity index (χ0n) is 15.4. The Bertz CT molecular complexity index is 577. The van der Waals surface area contributed by atoms with Crippen LogP contribution >= 0.6 is 11.8 Å². The number of aliphatic hydroxyl groups is 1. The Labute approximate surface area is 167 Å². The van der Waals surface area contributed by atoms with Crippen LogP contribution in [0.5, 0.6) is 0 Å². The number of alkyl halides is 3. The Balaban J connectivity index is 0. The lowest BCUT2D eigenvalue weighted by Gasteiger charge is -2.20. The van der Waals surface area contributed by atoms with Gasteiger partial charge in [0.15, 0.2) is 0 Å². The summed E-state index contributed by atoms with van der Waals surface area (Å²) in [5.41, 5.74) is 0. The first-order valence-electron chi connectivity index (χ1n) is 7.74. The number of hydrogen-bond donors (Lipinski definition) is 6. The molecule has 0 radical (unpaired) electrons. The minimum atomic E-state index is -5.08. The van der Waals surface area contributed by atoms with Crippen molar-refractivity contribution >= 4 is 41.9 Å². The molecule has 168 valence electrons. The van der Waals surface area contributed by atoms with Gasteiger partial charge in [0.1, 0.15) is 18.1 Å². The quantitative estimate of drug-likeness (QED) is 0.206. The highest BCUT2D eigenvalue weighted by atomic mass is 32.2. The third-order valence-corrected chi connectivity index (χ3v) is 3.63. The van der Waals surface area contributed by atoms with Crippen molar-refractivity contribution in [3.8, 4) is 0 Å². The van der Waals surface area contributed by atoms with Crippen molar-refractivity contribution in [2.75, 3.05) is 18.6 Å². The van der Waals surface area contributed by atoms with Gasteiger partial charge in [-0.05, 0) is 25.4 Å². The Morgan fingerprint density at radius 2 is 1.59 bits per heavy atom. The summed E-state index contributed by atoms with van der Waals surface area (Å²) in [5, 5.41) is 31.5. The number of aliphatic hydroxyl groups excluding tert-OH is 1. The van der Waals surface area contributed by atoms with Crippen LogP contribution in [0.1, 0.15) is 13.3 Å². The third kappa shape index (κ3) is 13.3. The highest BCUT2D eigenvalue weighted by Crippen LogP contribution is 2.13. The Hall–Kier alpha value is -2.55. The standard InChI is InChI=1S/C12H21N3O6S.C2HF3O2/c1-7(10(18)15-9(5-16)12(20)21)14-11(19)8(13-6-17)3-4-22-2;3-2(4,5)1(6)7/h6-9,16H,3-5H2,1-2H3,(H,13,17)(H,14,19)(H,15,18)(H,20,21);(H,6,7). The van der Waals surface area contributed by atoms with Crippen molar-refractivity contribution in [1.82, 2.24) is 16.0 Å². The molecule has 0 heterocycles. The first-order chi connectivity index (χ1) is 13.3. The van der Waals surface area contributed by atoms with Crippen LogP contribution in [-0.2, 0) is 24.0 Å². The molecule has 0 aromatic rings. The summed E-state index contributed by atoms with van der Waals surface area (Å²) in [6.07, 6.45) is -2.43. The number of hydrogen-bond acceptors (Lipinski definition) is 7. The average molecular weight is 449 g/mol. The lowest BCUT2D eigenvalue weighted by atomic mass is 10.2. The van der Waals surface area contributed by atoms with Crippen LogP contribution in [0.4, 0.5) is 13.2 Å². The van der Waals surface area contributed by atoms with Crippen LogP contribution in [0.2, 0.25) is 0 Å². The number of rotatable bonds is 11. The monoisotopic (exact) mass is 449 g/mol. The van der Waals surface area contributed by atoms with Gasteiger partial charge in [0.2, 0.25) is 18.2 Å². The fraction of sp³-hybridized carbons (Fsp3) is 0.643. The van der Waals surface area contributed by atoms with E-state index >= 15 is 0 Å². The summed E-state index contributed by atoms with van der Waals surface area (Å²) in [6, 6.07) is -3.22. The summed E-state index contributed by atoms with van der Waals surface area (Å²) >= 11 is 1.50. The van der Waals surface area contributed by atoms with E-state index in [1.165, 1.54) is 18.7 Å². The molecule has 0 bridgehead atoms. The number of carbonyl (C=O) groups is 5. The van der Waals surface area contributed by atoms with E-state index in [0.29, 0.717) is 18.6 Å². The minimum absolute atomic E-state index is 0.397. The number of thioether (sulfide) groups is 1. The van der Waals surface area contributed by atoms with E-state index in [1.807, 2.05) is 6.26 Å². The van der Waals surface area contributed by atoms with Gasteiger partial charge >= 0.3 is 18.1 Å². The lowest BCUT2D eigenvalue weighted by molar-refractivity contribution is -0.192. The summed E-state index contributed by atoms with van der Waals surface area (Å²) in [4.78, 5) is 53.8. The predicted octanol–water partition coefficient (Wildman–Crippen LogP) is -1.45. The number of carboxylic acids is 2. The van der Waals surface area contributed by atoms with E-state index in [0.717, 1.165) is 0 Å². The van der Waals surface area contributed by atoms with Crippen molar-refractivity contribution in [2.45, 2.75) is 37.6 Å². The smallest absolute Gasteiger partial charge is 0.480 e. The highest BCUT2D eigenvalue weighted by molar-refractivity contribution is 7.98. The molecule has 3 unspecified atom stereocenters. The molecule has 0 aliphatic heterocycles. The van der Waals surface area contributed by atoms with E-state index in [4.69, 9.17) is 20.1 Å². The second-order valence-electron chi connectivity index (χ2n) is 5.23. The number of nitrogens with one attached hydrogen (secondary N) is 3. The molecule has 0 aromatic heterocycles. The molecule has 0 aliphatic carbocycles. The van der Waals surface area contributed by atoms with Crippen LogP contribution in [-0.4, -0.2) is 88.4 Å². The summed E-state index contributed by atoms with van der Waals surface area (Å²) in [5.74, 6) is -4.78. The van der Waals surface area contributed by atoms with Crippen LogP contribution < -0.4 is 16.0 Å². The molecule has 3 atom stereocenters. The SMILES string of the molecule is CSCCC(NC=O)C(=O)NC(C)C(=O)NC(CO)C(=O)O.O=C(O)C(F)(F)F. The Kier molecular flexibility index (Phi) is 14.3. The van der Waals surface area contributed by atoms with E-state index in [9.17, 15) is 32.3 Å². The Morgan fingerprint density at radius 1 is 1.07 bits per heavy atom. The zero-order valence-corrected chi connectivity index (χ0v) is 16.2. The lowest BCUT2D eigenvalue weighted by Crippen LogP contribution is -2.54. The van der Waals surface area contributed by atoms with Crippen LogP contribution in [0.25, 0.3) is 0 Å². The Morgan fingerprint density at radius 3 is 1.93 bits per heavy atom. The maximum atomic E-state index is 12.0. The molecule has 0 aromatic carbocycles. The van der Waals surface area contributed by atoms with E-state index in [2.05, 4.69) is 16.0 Å². The summed E-state index contributed by atoms with van der Waals surface area (Å²) in [6.45, 7) is 0.612. The van der Waals surface area contributed by atoms with Gasteiger partial charge in [-0.3, -0.25) is 14.4 Å². The largest absolute Gasteiger partial charge is 0.490 e. The molecular formula is C14H22F3N3O8S. The topological polar surface area (TPSA) is 182 Å². The summed E-state index contributed by atoms with van der Waals surface area (Å²) < 4.78 is 31.7. The van der Waals surface area contributed by atoms with Crippen molar-refractivity contribution in [1.29, 1.82) is 0 Å². The molecule has 0 aliphatic rings. The van der Waals surface area contributed by atoms with E-state index < -0.39 is 54.7 Å². The van der Waals surface area contributed by atoms with Crippen LogP contribution in [0, 0.1) is 0 Å². The van der Waals surface area contributed by atoms with Gasteiger partial charge in [-0.25, -0.2) is 9.59 Å². The van der Waals surface area contributed by atoms with Crippen molar-refractivity contribution in [3.05, 3.63) is 0 Å². The fourth-order valence-corrected chi connectivity index (χ4v) is 1.94. The molecule has 3 amide bonds. The minimum Gasteiger partial charge on any atom is -0.480 e. The number of carboxylic acid groups (broad SMARTS) is 2. The number of aliphatic carboxylic acids is 2. The second-order valence-corrected chi connectivity index (χ2v) is 6.22. The molecule has 0 spiro atoms. The summed E-state index contributed by atoms with van der Waals surface area (Å²) in [7, 11) is 0. The first kappa shape index (κ1) is 28.7. The average Bonchev–Trinajstić information content (AvgIpc) is 2.62. The van der Waals surface area contributed by atoms with Gasteiger partial charge in [0.25, 0.3) is 0 Å². The molecule has 0 fully saturated rings. The van der Waals surface area contributed by atoms with Gasteiger partial charge in [0, 0.05) is 0 Å². The number of carbonyl (C=O) groups excluding carboxylic acids is 3. The zero-order chi connectivity index (χ0) is 23.2. The van der Waals surface area contributed by atoms with Crippen molar-refractivity contribution in [3.63, 3.8) is 0 Å². The maximum Gasteiger partial charge on any atom is 0.490 e. The van der Waals surface area contributed by atoms with Crippen molar-refractivity contribution in [2.24, 2.45) is 0 Å². The molecular weight excluding hydrogens is 427 g/mol. The molecule has 0 rings (SSSR count). The second kappa shape index (κ2) is 14.4. The number of halogens is 3. The molecule has 6 N–H and O–H groups in total. The maximum absolute atomic E-state index is 12.0. The highest BCUT2D eigenvalue weighted by Gasteiger charge is 2.38. The molecule has 29 heavy (non-hydrogen) atoms. The third-order valence-electron chi connectivity index (χ3n) is 2.99. The van der Waals surface area contributed by atoms with E-state index in [-0.39, 0.29) is 0 Å². The fourth-order valence-electron chi connectivity index (χ4n) is 1.47. The van der Waals surface area contributed by atoms with Gasteiger partial charge < -0.3 is 31.3 Å². The predicted molar refractivity (Wildman–Crippen MR) is 93.9 cm³/mol. The van der Waals surface area contributed by atoms with Crippen molar-refractivity contribution < 1.29 is 52.5 Å². The molecule has 15 heteroatoms.